The molecule has 0 saturated carbocycles. The van der Waals surface area contributed by atoms with Crippen molar-refractivity contribution in [1.29, 1.82) is 0 Å². The minimum atomic E-state index is -0.390. The van der Waals surface area contributed by atoms with Crippen LogP contribution in [0.5, 0.6) is 5.75 Å². The zero-order valence-corrected chi connectivity index (χ0v) is 17.6. The zero-order valence-electron chi connectivity index (χ0n) is 17.6. The van der Waals surface area contributed by atoms with Gasteiger partial charge < -0.3 is 10.1 Å². The quantitative estimate of drug-likeness (QED) is 0.483. The third-order valence-electron chi connectivity index (χ3n) is 4.97. The van der Waals surface area contributed by atoms with Gasteiger partial charge in [0.1, 0.15) is 11.4 Å². The van der Waals surface area contributed by atoms with Crippen LogP contribution in [0.25, 0.3) is 5.69 Å². The monoisotopic (exact) mass is 425 g/mol. The first kappa shape index (κ1) is 21.1. The second kappa shape index (κ2) is 9.75. The van der Waals surface area contributed by atoms with E-state index in [2.05, 4.69) is 10.4 Å². The summed E-state index contributed by atoms with van der Waals surface area (Å²) in [5.74, 6) is 0.392. The van der Waals surface area contributed by atoms with E-state index in [4.69, 9.17) is 4.74 Å². The van der Waals surface area contributed by atoms with Gasteiger partial charge in [-0.2, -0.15) is 9.78 Å². The Morgan fingerprint density at radius 3 is 2.16 bits per heavy atom. The van der Waals surface area contributed by atoms with Gasteiger partial charge in [0.15, 0.2) is 0 Å². The van der Waals surface area contributed by atoms with E-state index in [-0.39, 0.29) is 17.2 Å². The average Bonchev–Trinajstić information content (AvgIpc) is 2.84. The highest BCUT2D eigenvalue weighted by Gasteiger charge is 2.19. The van der Waals surface area contributed by atoms with Crippen molar-refractivity contribution in [1.82, 2.24) is 15.1 Å². The average molecular weight is 425 g/mol. The third-order valence-corrected chi connectivity index (χ3v) is 4.97. The lowest BCUT2D eigenvalue weighted by Gasteiger charge is -2.20. The summed E-state index contributed by atoms with van der Waals surface area (Å²) < 4.78 is 6.76. The van der Waals surface area contributed by atoms with Crippen molar-refractivity contribution in [3.63, 3.8) is 0 Å². The van der Waals surface area contributed by atoms with Crippen molar-refractivity contribution >= 4 is 5.91 Å². The number of benzene rings is 3. The van der Waals surface area contributed by atoms with Gasteiger partial charge in [-0.15, -0.1) is 0 Å². The maximum Gasteiger partial charge on any atom is 0.272 e. The molecule has 1 heterocycles. The Morgan fingerprint density at radius 2 is 1.50 bits per heavy atom. The molecule has 0 aliphatic rings. The number of nitrogens with one attached hydrogen (secondary N) is 1. The highest BCUT2D eigenvalue weighted by molar-refractivity contribution is 5.92. The van der Waals surface area contributed by atoms with E-state index in [0.29, 0.717) is 12.3 Å². The van der Waals surface area contributed by atoms with Crippen LogP contribution in [0, 0.1) is 0 Å². The van der Waals surface area contributed by atoms with Crippen LogP contribution in [0.2, 0.25) is 0 Å². The van der Waals surface area contributed by atoms with Crippen molar-refractivity contribution in [3.05, 3.63) is 124 Å². The Labute approximate surface area is 186 Å². The molecule has 0 bridgehead atoms. The fourth-order valence-corrected chi connectivity index (χ4v) is 3.42. The van der Waals surface area contributed by atoms with Gasteiger partial charge in [0.25, 0.3) is 11.5 Å². The fourth-order valence-electron chi connectivity index (χ4n) is 3.42. The number of rotatable bonds is 7. The van der Waals surface area contributed by atoms with Gasteiger partial charge in [0.2, 0.25) is 0 Å². The van der Waals surface area contributed by atoms with Gasteiger partial charge in [0, 0.05) is 6.07 Å². The SMILES string of the molecule is CCOc1ccc([C@H](NC(=O)c2ccc(=O)n(-c3ccccc3)n2)c2ccccc2)cc1. The number of nitrogens with zero attached hydrogens (tertiary/aromatic N) is 2. The predicted octanol–water partition coefficient (Wildman–Crippen LogP) is 4.15. The number of para-hydroxylation sites is 1. The Balaban J connectivity index is 1.65. The molecule has 32 heavy (non-hydrogen) atoms. The van der Waals surface area contributed by atoms with Crippen LogP contribution >= 0.6 is 0 Å². The minimum absolute atomic E-state index is 0.153. The Kier molecular flexibility index (Phi) is 6.41. The lowest BCUT2D eigenvalue weighted by molar-refractivity contribution is 0.0936. The predicted molar refractivity (Wildman–Crippen MR) is 123 cm³/mol. The first-order valence-electron chi connectivity index (χ1n) is 10.4. The van der Waals surface area contributed by atoms with E-state index in [9.17, 15) is 9.59 Å². The molecular formula is C26H23N3O3. The number of hydrogen-bond acceptors (Lipinski definition) is 4. The first-order chi connectivity index (χ1) is 15.7. The standard InChI is InChI=1S/C26H23N3O3/c1-2-32-22-15-13-20(14-16-22)25(19-9-5-3-6-10-19)27-26(31)23-17-18-24(30)29(28-23)21-11-7-4-8-12-21/h3-18,25H,2H2,1H3,(H,27,31)/t25-/m1/s1. The van der Waals surface area contributed by atoms with Crippen molar-refractivity contribution in [2.75, 3.05) is 6.61 Å². The molecule has 1 atom stereocenters. The molecule has 0 fully saturated rings. The summed E-state index contributed by atoms with van der Waals surface area (Å²) in [6, 6.07) is 28.7. The van der Waals surface area contributed by atoms with Gasteiger partial charge in [-0.05, 0) is 48.4 Å². The van der Waals surface area contributed by atoms with Gasteiger partial charge in [-0.3, -0.25) is 9.59 Å². The molecule has 4 aromatic rings. The molecule has 0 aliphatic heterocycles. The molecule has 0 aliphatic carbocycles. The first-order valence-corrected chi connectivity index (χ1v) is 10.4. The van der Waals surface area contributed by atoms with Crippen molar-refractivity contribution in [3.8, 4) is 11.4 Å². The summed E-state index contributed by atoms with van der Waals surface area (Å²) in [6.45, 7) is 2.52. The summed E-state index contributed by atoms with van der Waals surface area (Å²) in [5.41, 5.74) is 2.28. The highest BCUT2D eigenvalue weighted by atomic mass is 16.5. The van der Waals surface area contributed by atoms with Crippen LogP contribution in [-0.2, 0) is 0 Å². The molecule has 6 heteroatoms. The second-order valence-electron chi connectivity index (χ2n) is 7.12. The summed E-state index contributed by atoms with van der Waals surface area (Å²) in [6.07, 6.45) is 0. The number of carbonyl (C=O) groups excluding carboxylic acids is 1. The van der Waals surface area contributed by atoms with Gasteiger partial charge in [-0.1, -0.05) is 60.7 Å². The second-order valence-corrected chi connectivity index (χ2v) is 7.12. The maximum absolute atomic E-state index is 13.2. The Morgan fingerprint density at radius 1 is 0.875 bits per heavy atom. The molecule has 160 valence electrons. The van der Waals surface area contributed by atoms with E-state index >= 15 is 0 Å². The number of hydrogen-bond donors (Lipinski definition) is 1. The van der Waals surface area contributed by atoms with E-state index in [1.807, 2.05) is 79.7 Å². The number of aromatic nitrogens is 2. The molecule has 0 spiro atoms. The van der Waals surface area contributed by atoms with E-state index in [1.54, 1.807) is 12.1 Å². The fraction of sp³-hybridized carbons (Fsp3) is 0.115. The van der Waals surface area contributed by atoms with Crippen LogP contribution in [0.15, 0.2) is 102 Å². The maximum atomic E-state index is 13.2. The number of amides is 1. The smallest absolute Gasteiger partial charge is 0.272 e. The van der Waals surface area contributed by atoms with Crippen molar-refractivity contribution < 1.29 is 9.53 Å². The van der Waals surface area contributed by atoms with Crippen LogP contribution in [0.4, 0.5) is 0 Å². The molecule has 0 saturated heterocycles. The topological polar surface area (TPSA) is 73.2 Å². The normalized spacial score (nSPS) is 11.5. The number of carbonyl (C=O) groups is 1. The van der Waals surface area contributed by atoms with E-state index < -0.39 is 6.04 Å². The number of ether oxygens (including phenoxy) is 1. The Bertz CT molecular complexity index is 1240. The molecule has 1 N–H and O–H groups in total. The zero-order chi connectivity index (χ0) is 22.3. The molecule has 0 unspecified atom stereocenters. The van der Waals surface area contributed by atoms with Gasteiger partial charge in [0.05, 0.1) is 18.3 Å². The highest BCUT2D eigenvalue weighted by Crippen LogP contribution is 2.24. The Hall–Kier alpha value is -4.19. The van der Waals surface area contributed by atoms with E-state index in [1.165, 1.54) is 16.8 Å². The van der Waals surface area contributed by atoms with Crippen molar-refractivity contribution in [2.45, 2.75) is 13.0 Å². The van der Waals surface area contributed by atoms with Crippen LogP contribution in [0.3, 0.4) is 0 Å². The molecule has 4 rings (SSSR count). The minimum Gasteiger partial charge on any atom is -0.494 e. The molecule has 3 aromatic carbocycles. The molecule has 1 amide bonds. The van der Waals surface area contributed by atoms with Crippen LogP contribution in [-0.4, -0.2) is 22.3 Å². The van der Waals surface area contributed by atoms with Crippen LogP contribution in [0.1, 0.15) is 34.6 Å². The molecule has 1 aromatic heterocycles. The molecular weight excluding hydrogens is 402 g/mol. The van der Waals surface area contributed by atoms with Gasteiger partial charge in [-0.25, -0.2) is 0 Å². The molecule has 0 radical (unpaired) electrons. The van der Waals surface area contributed by atoms with Gasteiger partial charge >= 0.3 is 0 Å². The summed E-state index contributed by atoms with van der Waals surface area (Å²) in [5, 5.41) is 7.35. The lowest BCUT2D eigenvalue weighted by atomic mass is 9.98. The van der Waals surface area contributed by atoms with E-state index in [0.717, 1.165) is 16.9 Å². The summed E-state index contributed by atoms with van der Waals surface area (Å²) >= 11 is 0. The summed E-state index contributed by atoms with van der Waals surface area (Å²) in [4.78, 5) is 25.5. The lowest BCUT2D eigenvalue weighted by Crippen LogP contribution is -2.32. The summed E-state index contributed by atoms with van der Waals surface area (Å²) in [7, 11) is 0. The largest absolute Gasteiger partial charge is 0.494 e. The molecule has 6 nitrogen and oxygen atoms in total. The van der Waals surface area contributed by atoms with Crippen molar-refractivity contribution in [2.24, 2.45) is 0 Å². The van der Waals surface area contributed by atoms with Crippen LogP contribution < -0.4 is 15.6 Å². The third kappa shape index (κ3) is 4.75.